The first-order chi connectivity index (χ1) is 11.9. The van der Waals surface area contributed by atoms with Crippen molar-refractivity contribution in [2.45, 2.75) is 18.2 Å². The van der Waals surface area contributed by atoms with Crippen molar-refractivity contribution in [3.8, 4) is 17.2 Å². The van der Waals surface area contributed by atoms with Crippen LogP contribution in [0.2, 0.25) is 0 Å². The van der Waals surface area contributed by atoms with Gasteiger partial charge in [-0.05, 0) is 60.9 Å². The molecule has 3 rings (SSSR count). The molecule has 3 aromatic carbocycles. The summed E-state index contributed by atoms with van der Waals surface area (Å²) in [5.41, 5.74) is 2.01. The molecule has 0 saturated carbocycles. The van der Waals surface area contributed by atoms with Gasteiger partial charge in [0, 0.05) is 0 Å². The molecule has 4 heteroatoms. The van der Waals surface area contributed by atoms with Crippen molar-refractivity contribution >= 4 is 11.6 Å². The third-order valence-corrected chi connectivity index (χ3v) is 4.05. The molecule has 1 unspecified atom stereocenters. The molecule has 0 heterocycles. The fourth-order valence-electron chi connectivity index (χ4n) is 2.34. The van der Waals surface area contributed by atoms with E-state index in [4.69, 9.17) is 16.7 Å². The number of halogens is 1. The second-order valence-electron chi connectivity index (χ2n) is 5.92. The average Bonchev–Trinajstić information content (AvgIpc) is 2.58. The van der Waals surface area contributed by atoms with E-state index in [1.165, 1.54) is 0 Å². The molecule has 0 aliphatic rings. The zero-order valence-electron chi connectivity index (χ0n) is 13.9. The van der Waals surface area contributed by atoms with Gasteiger partial charge in [0.25, 0.3) is 0 Å². The minimum Gasteiger partial charge on any atom is -0.508 e. The molecule has 0 aliphatic carbocycles. The van der Waals surface area contributed by atoms with Crippen LogP contribution in [-0.2, 0) is 11.3 Å². The van der Waals surface area contributed by atoms with E-state index < -0.39 is 4.87 Å². The van der Waals surface area contributed by atoms with Crippen LogP contribution >= 0.6 is 11.6 Å². The van der Waals surface area contributed by atoms with Crippen LogP contribution in [0.25, 0.3) is 0 Å². The van der Waals surface area contributed by atoms with Crippen molar-refractivity contribution in [2.24, 2.45) is 0 Å². The quantitative estimate of drug-likeness (QED) is 0.566. The van der Waals surface area contributed by atoms with E-state index in [1.54, 1.807) is 48.5 Å². The number of alkyl halides is 1. The molecule has 130 valence electrons. The molecule has 0 radical (unpaired) electrons. The molecule has 0 amide bonds. The molecule has 3 aromatic rings. The van der Waals surface area contributed by atoms with Gasteiger partial charge in [-0.3, -0.25) is 0 Å². The van der Waals surface area contributed by atoms with E-state index in [0.717, 1.165) is 11.1 Å². The highest BCUT2D eigenvalue weighted by molar-refractivity contribution is 6.23. The van der Waals surface area contributed by atoms with Gasteiger partial charge in [-0.25, -0.2) is 0 Å². The van der Waals surface area contributed by atoms with E-state index in [1.807, 2.05) is 37.3 Å². The van der Waals surface area contributed by atoms with Gasteiger partial charge in [0.15, 0.2) is 0 Å². The van der Waals surface area contributed by atoms with Crippen molar-refractivity contribution < 1.29 is 15.3 Å². The predicted octanol–water partition coefficient (Wildman–Crippen LogP) is 5.19. The summed E-state index contributed by atoms with van der Waals surface area (Å²) in [7, 11) is 0. The highest BCUT2D eigenvalue weighted by atomic mass is 35.5. The Kier molecular flexibility index (Phi) is 6.31. The van der Waals surface area contributed by atoms with Crippen molar-refractivity contribution in [3.05, 3.63) is 90.0 Å². The summed E-state index contributed by atoms with van der Waals surface area (Å²) in [5, 5.41) is 27.1. The third kappa shape index (κ3) is 6.05. The number of phenolic OH excluding ortho intramolecular Hbond substituents is 3. The number of hydrogen-bond donors (Lipinski definition) is 3. The summed E-state index contributed by atoms with van der Waals surface area (Å²) < 4.78 is 0. The number of para-hydroxylation sites is 1. The topological polar surface area (TPSA) is 60.7 Å². The molecule has 3 nitrogen and oxygen atoms in total. The third-order valence-electron chi connectivity index (χ3n) is 3.70. The van der Waals surface area contributed by atoms with Gasteiger partial charge in [-0.1, -0.05) is 42.5 Å². The number of benzene rings is 3. The fourth-order valence-corrected chi connectivity index (χ4v) is 2.62. The predicted molar refractivity (Wildman–Crippen MR) is 101 cm³/mol. The molecule has 3 N–H and O–H groups in total. The van der Waals surface area contributed by atoms with Crippen LogP contribution in [0.5, 0.6) is 17.2 Å². The summed E-state index contributed by atoms with van der Waals surface area (Å²) in [5.74, 6) is 0.804. The van der Waals surface area contributed by atoms with Gasteiger partial charge in [-0.2, -0.15) is 0 Å². The van der Waals surface area contributed by atoms with Crippen LogP contribution in [-0.4, -0.2) is 15.3 Å². The van der Waals surface area contributed by atoms with Crippen molar-refractivity contribution in [3.63, 3.8) is 0 Å². The second kappa shape index (κ2) is 8.45. The van der Waals surface area contributed by atoms with Crippen LogP contribution < -0.4 is 0 Å². The number of phenols is 3. The molecule has 1 atom stereocenters. The van der Waals surface area contributed by atoms with E-state index in [-0.39, 0.29) is 11.5 Å². The van der Waals surface area contributed by atoms with Crippen LogP contribution in [0.3, 0.4) is 0 Å². The average molecular weight is 357 g/mol. The maximum absolute atomic E-state index is 9.27. The lowest BCUT2D eigenvalue weighted by atomic mass is 9.93. The Bertz CT molecular complexity index is 767. The zero-order chi connectivity index (χ0) is 18.3. The van der Waals surface area contributed by atoms with Crippen molar-refractivity contribution in [1.82, 2.24) is 0 Å². The molecule has 0 bridgehead atoms. The standard InChI is InChI=1S/C15H15ClO2.C6H6O/c1-15(16,12-4-8-14(18)9-5-12)10-11-2-6-13(17)7-3-11;7-6-4-2-1-3-5-6/h2-9,17-18H,10H2,1H3;1-5,7H. The van der Waals surface area contributed by atoms with E-state index in [0.29, 0.717) is 12.2 Å². The molecule has 0 aliphatic heterocycles. The molecule has 25 heavy (non-hydrogen) atoms. The summed E-state index contributed by atoms with van der Waals surface area (Å²) in [6.07, 6.45) is 0.652. The maximum atomic E-state index is 9.27. The fraction of sp³-hybridized carbons (Fsp3) is 0.143. The summed E-state index contributed by atoms with van der Waals surface area (Å²) >= 11 is 6.54. The smallest absolute Gasteiger partial charge is 0.115 e. The Hall–Kier alpha value is -2.65. The Morgan fingerprint density at radius 2 is 1.12 bits per heavy atom. The van der Waals surface area contributed by atoms with Crippen LogP contribution in [0.4, 0.5) is 0 Å². The van der Waals surface area contributed by atoms with E-state index >= 15 is 0 Å². The van der Waals surface area contributed by atoms with E-state index in [2.05, 4.69) is 0 Å². The van der Waals surface area contributed by atoms with Gasteiger partial charge >= 0.3 is 0 Å². The first kappa shape index (κ1) is 18.7. The van der Waals surface area contributed by atoms with Gasteiger partial charge in [0.05, 0.1) is 4.87 Å². The normalized spacial score (nSPS) is 12.6. The number of aromatic hydroxyl groups is 3. The lowest BCUT2D eigenvalue weighted by molar-refractivity contribution is 0.473. The maximum Gasteiger partial charge on any atom is 0.115 e. The van der Waals surface area contributed by atoms with Gasteiger partial charge in [0.1, 0.15) is 17.2 Å². The van der Waals surface area contributed by atoms with Crippen molar-refractivity contribution in [2.75, 3.05) is 0 Å². The van der Waals surface area contributed by atoms with Gasteiger partial charge in [-0.15, -0.1) is 11.6 Å². The van der Waals surface area contributed by atoms with Crippen molar-refractivity contribution in [1.29, 1.82) is 0 Å². The molecule has 0 aromatic heterocycles. The first-order valence-corrected chi connectivity index (χ1v) is 8.25. The molecule has 0 saturated heterocycles. The molecule has 0 fully saturated rings. The van der Waals surface area contributed by atoms with Gasteiger partial charge in [0.2, 0.25) is 0 Å². The lowest BCUT2D eigenvalue weighted by Gasteiger charge is -2.23. The Morgan fingerprint density at radius 3 is 1.56 bits per heavy atom. The minimum absolute atomic E-state index is 0.232. The molecular formula is C21H21ClO3. The Balaban J connectivity index is 0.000000269. The summed E-state index contributed by atoms with van der Waals surface area (Å²) in [4.78, 5) is -0.537. The summed E-state index contributed by atoms with van der Waals surface area (Å²) in [6.45, 7) is 1.94. The Morgan fingerprint density at radius 1 is 0.680 bits per heavy atom. The van der Waals surface area contributed by atoms with Crippen LogP contribution in [0.1, 0.15) is 18.1 Å². The first-order valence-electron chi connectivity index (χ1n) is 7.87. The number of hydrogen-bond acceptors (Lipinski definition) is 3. The molecular weight excluding hydrogens is 336 g/mol. The lowest BCUT2D eigenvalue weighted by Crippen LogP contribution is -2.17. The Labute approximate surface area is 152 Å². The van der Waals surface area contributed by atoms with Gasteiger partial charge < -0.3 is 15.3 Å². The van der Waals surface area contributed by atoms with Crippen LogP contribution in [0, 0.1) is 0 Å². The SMILES string of the molecule is CC(Cl)(Cc1ccc(O)cc1)c1ccc(O)cc1.Oc1ccccc1. The summed E-state index contributed by atoms with van der Waals surface area (Å²) in [6, 6.07) is 22.6. The molecule has 0 spiro atoms. The van der Waals surface area contributed by atoms with Crippen LogP contribution in [0.15, 0.2) is 78.9 Å². The second-order valence-corrected chi connectivity index (χ2v) is 6.76. The highest BCUT2D eigenvalue weighted by Crippen LogP contribution is 2.33. The largest absolute Gasteiger partial charge is 0.508 e. The number of rotatable bonds is 3. The monoisotopic (exact) mass is 356 g/mol. The minimum atomic E-state index is -0.537. The highest BCUT2D eigenvalue weighted by Gasteiger charge is 2.23. The van der Waals surface area contributed by atoms with E-state index in [9.17, 15) is 10.2 Å². The zero-order valence-corrected chi connectivity index (χ0v) is 14.7.